The molecule has 0 spiro atoms. The number of ether oxygens (including phenoxy) is 1. The Hall–Kier alpha value is -2.55. The number of imidazole rings is 1. The zero-order chi connectivity index (χ0) is 11.9. The van der Waals surface area contributed by atoms with E-state index in [0.29, 0.717) is 0 Å². The standard InChI is InChI=1S/C15H10N2O/c1-3-7-13-11(5-1)15-16-9-10-17(15)12-6-2-4-8-14(12)18-13/h1-10H. The van der Waals surface area contributed by atoms with Crippen LogP contribution in [-0.4, -0.2) is 9.55 Å². The van der Waals surface area contributed by atoms with Gasteiger partial charge in [0.1, 0.15) is 11.6 Å². The van der Waals surface area contributed by atoms with Crippen molar-refractivity contribution in [2.75, 3.05) is 0 Å². The lowest BCUT2D eigenvalue weighted by molar-refractivity contribution is 0.485. The van der Waals surface area contributed by atoms with Crippen LogP contribution in [0.2, 0.25) is 0 Å². The minimum absolute atomic E-state index is 0.843. The highest BCUT2D eigenvalue weighted by atomic mass is 16.5. The minimum atomic E-state index is 0.843. The Morgan fingerprint density at radius 3 is 2.61 bits per heavy atom. The second-order valence-electron chi connectivity index (χ2n) is 4.19. The predicted molar refractivity (Wildman–Crippen MR) is 69.1 cm³/mol. The van der Waals surface area contributed by atoms with E-state index in [-0.39, 0.29) is 0 Å². The van der Waals surface area contributed by atoms with Crippen LogP contribution in [0.25, 0.3) is 17.1 Å². The first kappa shape index (κ1) is 9.48. The molecule has 4 rings (SSSR count). The van der Waals surface area contributed by atoms with Crippen LogP contribution in [-0.2, 0) is 0 Å². The Labute approximate surface area is 104 Å². The van der Waals surface area contributed by atoms with Crippen LogP contribution in [0.5, 0.6) is 11.5 Å². The topological polar surface area (TPSA) is 27.1 Å². The largest absolute Gasteiger partial charge is 0.454 e. The molecule has 0 saturated heterocycles. The summed E-state index contributed by atoms with van der Waals surface area (Å²) in [7, 11) is 0. The van der Waals surface area contributed by atoms with Gasteiger partial charge >= 0.3 is 0 Å². The molecule has 0 radical (unpaired) electrons. The molecule has 1 aliphatic rings. The van der Waals surface area contributed by atoms with Crippen molar-refractivity contribution in [3.05, 3.63) is 60.9 Å². The van der Waals surface area contributed by atoms with Crippen LogP contribution < -0.4 is 4.74 Å². The molecule has 86 valence electrons. The van der Waals surface area contributed by atoms with Gasteiger partial charge in [-0.1, -0.05) is 24.3 Å². The fraction of sp³-hybridized carbons (Fsp3) is 0. The highest BCUT2D eigenvalue weighted by molar-refractivity contribution is 5.70. The second-order valence-corrected chi connectivity index (χ2v) is 4.19. The van der Waals surface area contributed by atoms with Crippen molar-refractivity contribution in [2.24, 2.45) is 0 Å². The summed E-state index contributed by atoms with van der Waals surface area (Å²) in [6, 6.07) is 16.0. The first-order valence-electron chi connectivity index (χ1n) is 5.83. The summed E-state index contributed by atoms with van der Waals surface area (Å²) in [5, 5.41) is 0. The zero-order valence-electron chi connectivity index (χ0n) is 9.58. The van der Waals surface area contributed by atoms with Gasteiger partial charge in [-0.2, -0.15) is 0 Å². The van der Waals surface area contributed by atoms with Gasteiger partial charge in [-0.3, -0.25) is 4.57 Å². The van der Waals surface area contributed by atoms with Gasteiger partial charge in [0.15, 0.2) is 5.75 Å². The highest BCUT2D eigenvalue weighted by Crippen LogP contribution is 2.39. The first-order valence-corrected chi connectivity index (χ1v) is 5.83. The average molecular weight is 234 g/mol. The molecule has 2 aromatic carbocycles. The number of fused-ring (bicyclic) bond motifs is 5. The smallest absolute Gasteiger partial charge is 0.151 e. The molecule has 0 unspecified atom stereocenters. The maximum Gasteiger partial charge on any atom is 0.151 e. The summed E-state index contributed by atoms with van der Waals surface area (Å²) in [5.74, 6) is 2.60. The number of aromatic nitrogens is 2. The van der Waals surface area contributed by atoms with E-state index in [1.54, 1.807) is 0 Å². The second kappa shape index (κ2) is 3.47. The number of para-hydroxylation sites is 3. The van der Waals surface area contributed by atoms with Crippen LogP contribution in [0.4, 0.5) is 0 Å². The molecule has 0 bridgehead atoms. The molecule has 0 saturated carbocycles. The van der Waals surface area contributed by atoms with E-state index in [1.807, 2.05) is 60.9 Å². The van der Waals surface area contributed by atoms with Crippen molar-refractivity contribution in [3.8, 4) is 28.6 Å². The van der Waals surface area contributed by atoms with Gasteiger partial charge in [-0.15, -0.1) is 0 Å². The van der Waals surface area contributed by atoms with E-state index < -0.39 is 0 Å². The number of rotatable bonds is 0. The fourth-order valence-corrected chi connectivity index (χ4v) is 2.30. The molecule has 2 heterocycles. The van der Waals surface area contributed by atoms with E-state index in [2.05, 4.69) is 9.55 Å². The molecule has 0 N–H and O–H groups in total. The lowest BCUT2D eigenvalue weighted by Crippen LogP contribution is -1.94. The minimum Gasteiger partial charge on any atom is -0.454 e. The maximum atomic E-state index is 5.98. The van der Waals surface area contributed by atoms with Crippen LogP contribution in [0.1, 0.15) is 0 Å². The number of hydrogen-bond donors (Lipinski definition) is 0. The monoisotopic (exact) mass is 234 g/mol. The van der Waals surface area contributed by atoms with Gasteiger partial charge in [0, 0.05) is 12.4 Å². The van der Waals surface area contributed by atoms with Crippen molar-refractivity contribution in [3.63, 3.8) is 0 Å². The van der Waals surface area contributed by atoms with Gasteiger partial charge in [0.2, 0.25) is 0 Å². The quantitative estimate of drug-likeness (QED) is 0.464. The Kier molecular flexibility index (Phi) is 1.83. The normalized spacial score (nSPS) is 11.8. The van der Waals surface area contributed by atoms with Crippen molar-refractivity contribution in [1.29, 1.82) is 0 Å². The number of hydrogen-bond acceptors (Lipinski definition) is 2. The van der Waals surface area contributed by atoms with Gasteiger partial charge < -0.3 is 4.74 Å². The molecular formula is C15H10N2O. The number of benzene rings is 2. The SMILES string of the molecule is c1ccc2c(c1)Oc1ccccc1-n1ccnc1-2. The fourth-order valence-electron chi connectivity index (χ4n) is 2.30. The third-order valence-electron chi connectivity index (χ3n) is 3.11. The van der Waals surface area contributed by atoms with E-state index in [9.17, 15) is 0 Å². The predicted octanol–water partition coefficient (Wildman–Crippen LogP) is 3.65. The molecule has 3 heteroatoms. The summed E-state index contributed by atoms with van der Waals surface area (Å²) >= 11 is 0. The van der Waals surface area contributed by atoms with E-state index in [1.165, 1.54) is 0 Å². The third-order valence-corrected chi connectivity index (χ3v) is 3.11. The maximum absolute atomic E-state index is 5.98. The van der Waals surface area contributed by atoms with E-state index in [4.69, 9.17) is 4.74 Å². The number of nitrogens with zero attached hydrogens (tertiary/aromatic N) is 2. The van der Waals surface area contributed by atoms with Gasteiger partial charge in [0.25, 0.3) is 0 Å². The molecule has 18 heavy (non-hydrogen) atoms. The summed E-state index contributed by atoms with van der Waals surface area (Å²) in [6.45, 7) is 0. The Bertz CT molecular complexity index is 671. The van der Waals surface area contributed by atoms with Crippen LogP contribution in [0.15, 0.2) is 60.9 Å². The van der Waals surface area contributed by atoms with Gasteiger partial charge in [-0.25, -0.2) is 4.98 Å². The van der Waals surface area contributed by atoms with E-state index in [0.717, 1.165) is 28.6 Å². The molecule has 3 nitrogen and oxygen atoms in total. The van der Waals surface area contributed by atoms with Crippen molar-refractivity contribution >= 4 is 0 Å². The summed E-state index contributed by atoms with van der Waals surface area (Å²) < 4.78 is 8.04. The summed E-state index contributed by atoms with van der Waals surface area (Å²) in [4.78, 5) is 4.44. The molecule has 1 aliphatic heterocycles. The van der Waals surface area contributed by atoms with E-state index >= 15 is 0 Å². The first-order chi connectivity index (χ1) is 8.93. The molecule has 3 aromatic rings. The van der Waals surface area contributed by atoms with Gasteiger partial charge in [-0.05, 0) is 24.3 Å². The Balaban J connectivity index is 2.12. The van der Waals surface area contributed by atoms with Crippen molar-refractivity contribution < 1.29 is 4.74 Å². The van der Waals surface area contributed by atoms with Crippen LogP contribution >= 0.6 is 0 Å². The van der Waals surface area contributed by atoms with Crippen molar-refractivity contribution in [1.82, 2.24) is 9.55 Å². The lowest BCUT2D eigenvalue weighted by atomic mass is 10.2. The molecule has 0 amide bonds. The highest BCUT2D eigenvalue weighted by Gasteiger charge is 2.19. The molecular weight excluding hydrogens is 224 g/mol. The summed E-state index contributed by atoms with van der Waals surface area (Å²) in [5.41, 5.74) is 2.03. The molecule has 0 aliphatic carbocycles. The Morgan fingerprint density at radius 1 is 0.889 bits per heavy atom. The zero-order valence-corrected chi connectivity index (χ0v) is 9.58. The van der Waals surface area contributed by atoms with Gasteiger partial charge in [0.05, 0.1) is 11.3 Å². The molecule has 1 aromatic heterocycles. The third kappa shape index (κ3) is 1.21. The van der Waals surface area contributed by atoms with Crippen molar-refractivity contribution in [2.45, 2.75) is 0 Å². The lowest BCUT2D eigenvalue weighted by Gasteiger charge is -2.07. The molecule has 0 fully saturated rings. The molecule has 0 atom stereocenters. The average Bonchev–Trinajstić information content (AvgIpc) is 2.84. The summed E-state index contributed by atoms with van der Waals surface area (Å²) in [6.07, 6.45) is 3.77. The van der Waals surface area contributed by atoms with Crippen LogP contribution in [0.3, 0.4) is 0 Å². The Morgan fingerprint density at radius 2 is 1.67 bits per heavy atom. The van der Waals surface area contributed by atoms with Crippen LogP contribution in [0, 0.1) is 0 Å².